The number of likely N-dealkylation sites (N-methyl/N-ethyl adjacent to an activating group) is 1. The number of rotatable bonds is 2. The third kappa shape index (κ3) is 1.41. The number of hydrogen-bond donors (Lipinski definition) is 2. The summed E-state index contributed by atoms with van der Waals surface area (Å²) in [6, 6.07) is 3.54. The average molecular weight is 244 g/mol. The highest BCUT2D eigenvalue weighted by Crippen LogP contribution is 2.35. The smallest absolute Gasteiger partial charge is 0.246 e. The van der Waals surface area contributed by atoms with Gasteiger partial charge in [0.25, 0.3) is 0 Å². The van der Waals surface area contributed by atoms with Crippen LogP contribution in [0.15, 0.2) is 18.5 Å². The van der Waals surface area contributed by atoms with E-state index in [-0.39, 0.29) is 11.9 Å². The van der Waals surface area contributed by atoms with Crippen LogP contribution in [-0.2, 0) is 4.79 Å². The standard InChI is InChI=1S/C11H12N6O/c1-6-8(17-5-13-15-16-17)4-3-7-9(6)14-11(18)10(7)12-2/h3-5,10,12H,1-2H3,(H,14,18). The zero-order chi connectivity index (χ0) is 12.7. The summed E-state index contributed by atoms with van der Waals surface area (Å²) in [7, 11) is 1.77. The number of tetrazole rings is 1. The van der Waals surface area contributed by atoms with Crippen LogP contribution in [-0.4, -0.2) is 33.2 Å². The first-order valence-electron chi connectivity index (χ1n) is 5.57. The molecule has 7 nitrogen and oxygen atoms in total. The highest BCUT2D eigenvalue weighted by molar-refractivity contribution is 6.03. The van der Waals surface area contributed by atoms with Crippen molar-refractivity contribution >= 4 is 11.6 Å². The van der Waals surface area contributed by atoms with E-state index in [4.69, 9.17) is 0 Å². The molecule has 1 atom stereocenters. The van der Waals surface area contributed by atoms with Crippen LogP contribution >= 0.6 is 0 Å². The van der Waals surface area contributed by atoms with E-state index in [9.17, 15) is 4.79 Å². The minimum Gasteiger partial charge on any atom is -0.324 e. The van der Waals surface area contributed by atoms with Gasteiger partial charge in [0.05, 0.1) is 11.4 Å². The van der Waals surface area contributed by atoms with Crippen molar-refractivity contribution in [3.63, 3.8) is 0 Å². The Morgan fingerprint density at radius 2 is 2.28 bits per heavy atom. The Hall–Kier alpha value is -2.28. The van der Waals surface area contributed by atoms with Crippen LogP contribution in [0.1, 0.15) is 17.2 Å². The number of nitrogens with one attached hydrogen (secondary N) is 2. The monoisotopic (exact) mass is 244 g/mol. The van der Waals surface area contributed by atoms with Gasteiger partial charge in [0.1, 0.15) is 12.4 Å². The van der Waals surface area contributed by atoms with Gasteiger partial charge >= 0.3 is 0 Å². The molecule has 2 N–H and O–H groups in total. The van der Waals surface area contributed by atoms with Crippen molar-refractivity contribution in [1.82, 2.24) is 25.5 Å². The number of carbonyl (C=O) groups excluding carboxylic acids is 1. The molecule has 92 valence electrons. The van der Waals surface area contributed by atoms with E-state index in [2.05, 4.69) is 26.2 Å². The average Bonchev–Trinajstić information content (AvgIpc) is 2.97. The van der Waals surface area contributed by atoms with Crippen molar-refractivity contribution in [3.05, 3.63) is 29.6 Å². The molecule has 7 heteroatoms. The number of hydrogen-bond acceptors (Lipinski definition) is 5. The molecular weight excluding hydrogens is 232 g/mol. The number of anilines is 1. The summed E-state index contributed by atoms with van der Waals surface area (Å²) in [6.45, 7) is 1.94. The van der Waals surface area contributed by atoms with Gasteiger partial charge in [-0.25, -0.2) is 4.68 Å². The highest BCUT2D eigenvalue weighted by Gasteiger charge is 2.31. The summed E-state index contributed by atoms with van der Waals surface area (Å²) in [5, 5.41) is 17.0. The Morgan fingerprint density at radius 1 is 1.44 bits per heavy atom. The molecule has 1 aromatic carbocycles. The van der Waals surface area contributed by atoms with E-state index < -0.39 is 0 Å². The lowest BCUT2D eigenvalue weighted by molar-refractivity contribution is -0.117. The molecule has 1 aliphatic rings. The molecule has 18 heavy (non-hydrogen) atoms. The van der Waals surface area contributed by atoms with Crippen molar-refractivity contribution < 1.29 is 4.79 Å². The largest absolute Gasteiger partial charge is 0.324 e. The Labute approximate surface area is 103 Å². The molecule has 0 spiro atoms. The maximum Gasteiger partial charge on any atom is 0.246 e. The minimum atomic E-state index is -0.290. The molecule has 1 aliphatic heterocycles. The van der Waals surface area contributed by atoms with E-state index in [1.54, 1.807) is 11.7 Å². The van der Waals surface area contributed by atoms with E-state index in [0.717, 1.165) is 22.5 Å². The molecule has 0 radical (unpaired) electrons. The summed E-state index contributed by atoms with van der Waals surface area (Å²) < 4.78 is 1.58. The fraction of sp³-hybridized carbons (Fsp3) is 0.273. The fourth-order valence-corrected chi connectivity index (χ4v) is 2.27. The first kappa shape index (κ1) is 10.8. The quantitative estimate of drug-likeness (QED) is 0.787. The fourth-order valence-electron chi connectivity index (χ4n) is 2.27. The van der Waals surface area contributed by atoms with Gasteiger partial charge in [0.2, 0.25) is 5.91 Å². The molecule has 0 fully saturated rings. The lowest BCUT2D eigenvalue weighted by atomic mass is 10.0. The normalized spacial score (nSPS) is 17.7. The maximum absolute atomic E-state index is 11.8. The Morgan fingerprint density at radius 3 is 2.94 bits per heavy atom. The van der Waals surface area contributed by atoms with E-state index in [0.29, 0.717) is 0 Å². The number of benzene rings is 1. The van der Waals surface area contributed by atoms with Gasteiger partial charge in [-0.05, 0) is 36.0 Å². The van der Waals surface area contributed by atoms with Gasteiger partial charge in [-0.2, -0.15) is 0 Å². The predicted molar refractivity (Wildman–Crippen MR) is 64.3 cm³/mol. The van der Waals surface area contributed by atoms with Crippen LogP contribution in [0, 0.1) is 6.92 Å². The van der Waals surface area contributed by atoms with E-state index >= 15 is 0 Å². The lowest BCUT2D eigenvalue weighted by Gasteiger charge is -2.10. The topological polar surface area (TPSA) is 84.7 Å². The summed E-state index contributed by atoms with van der Waals surface area (Å²) in [5.74, 6) is -0.0375. The van der Waals surface area contributed by atoms with Crippen LogP contribution < -0.4 is 10.6 Å². The number of nitrogens with zero attached hydrogens (tertiary/aromatic N) is 4. The third-order valence-electron chi connectivity index (χ3n) is 3.17. The minimum absolute atomic E-state index is 0.0375. The zero-order valence-electron chi connectivity index (χ0n) is 10.0. The van der Waals surface area contributed by atoms with Gasteiger partial charge in [-0.3, -0.25) is 4.79 Å². The van der Waals surface area contributed by atoms with Gasteiger partial charge in [0, 0.05) is 5.56 Å². The third-order valence-corrected chi connectivity index (χ3v) is 3.17. The first-order valence-corrected chi connectivity index (χ1v) is 5.57. The van der Waals surface area contributed by atoms with Crippen LogP contribution in [0.3, 0.4) is 0 Å². The second kappa shape index (κ2) is 3.88. The maximum atomic E-state index is 11.8. The molecule has 0 bridgehead atoms. The molecule has 1 amide bonds. The molecule has 0 aliphatic carbocycles. The second-order valence-corrected chi connectivity index (χ2v) is 4.14. The van der Waals surface area contributed by atoms with Crippen molar-refractivity contribution in [2.45, 2.75) is 13.0 Å². The molecule has 1 aromatic heterocycles. The molecule has 0 saturated heterocycles. The van der Waals surface area contributed by atoms with Gasteiger partial charge in [0.15, 0.2) is 0 Å². The molecule has 3 rings (SSSR count). The molecule has 1 unspecified atom stereocenters. The molecule has 0 saturated carbocycles. The molecule has 2 aromatic rings. The van der Waals surface area contributed by atoms with E-state index in [1.165, 1.54) is 6.33 Å². The number of aromatic nitrogens is 4. The summed E-state index contributed by atoms with van der Waals surface area (Å²) >= 11 is 0. The summed E-state index contributed by atoms with van der Waals surface area (Å²) in [5.41, 5.74) is 3.60. The van der Waals surface area contributed by atoms with Crippen molar-refractivity contribution in [3.8, 4) is 5.69 Å². The van der Waals surface area contributed by atoms with Crippen LogP contribution in [0.5, 0.6) is 0 Å². The van der Waals surface area contributed by atoms with Crippen molar-refractivity contribution in [1.29, 1.82) is 0 Å². The SMILES string of the molecule is CNC1C(=O)Nc2c1ccc(-n1cnnn1)c2C. The number of carbonyl (C=O) groups is 1. The lowest BCUT2D eigenvalue weighted by Crippen LogP contribution is -2.23. The number of fused-ring (bicyclic) bond motifs is 1. The highest BCUT2D eigenvalue weighted by atomic mass is 16.2. The van der Waals surface area contributed by atoms with Gasteiger partial charge in [-0.15, -0.1) is 5.10 Å². The molecular formula is C11H12N6O. The Balaban J connectivity index is 2.15. The van der Waals surface area contributed by atoms with Crippen molar-refractivity contribution in [2.24, 2.45) is 0 Å². The van der Waals surface area contributed by atoms with Gasteiger partial charge < -0.3 is 10.6 Å². The zero-order valence-corrected chi connectivity index (χ0v) is 10.0. The Kier molecular flexibility index (Phi) is 2.34. The van der Waals surface area contributed by atoms with Crippen LogP contribution in [0.25, 0.3) is 5.69 Å². The first-order chi connectivity index (χ1) is 8.72. The van der Waals surface area contributed by atoms with Crippen LogP contribution in [0.4, 0.5) is 5.69 Å². The molecule has 2 heterocycles. The number of amides is 1. The van der Waals surface area contributed by atoms with Crippen molar-refractivity contribution in [2.75, 3.05) is 12.4 Å². The van der Waals surface area contributed by atoms with Gasteiger partial charge in [-0.1, -0.05) is 6.07 Å². The summed E-state index contributed by atoms with van der Waals surface area (Å²) in [6.07, 6.45) is 1.53. The summed E-state index contributed by atoms with van der Waals surface area (Å²) in [4.78, 5) is 11.8. The van der Waals surface area contributed by atoms with E-state index in [1.807, 2.05) is 19.1 Å². The van der Waals surface area contributed by atoms with Crippen LogP contribution in [0.2, 0.25) is 0 Å². The Bertz CT molecular complexity index is 606. The second-order valence-electron chi connectivity index (χ2n) is 4.14. The predicted octanol–water partition coefficient (Wildman–Crippen LogP) is 0.183.